The zero-order valence-corrected chi connectivity index (χ0v) is 14.6. The summed E-state index contributed by atoms with van der Waals surface area (Å²) in [5.74, 6) is -0.156. The molecule has 1 aromatic heterocycles. The molecule has 3 N–H and O–H groups in total. The van der Waals surface area contributed by atoms with Crippen LogP contribution < -0.4 is 11.1 Å². The van der Waals surface area contributed by atoms with Gasteiger partial charge < -0.3 is 11.1 Å². The third-order valence-electron chi connectivity index (χ3n) is 3.73. The third kappa shape index (κ3) is 4.35. The first-order chi connectivity index (χ1) is 11.7. The van der Waals surface area contributed by atoms with Crippen LogP contribution in [0.15, 0.2) is 24.3 Å². The first-order valence-corrected chi connectivity index (χ1v) is 8.05. The van der Waals surface area contributed by atoms with Crippen molar-refractivity contribution in [1.29, 1.82) is 5.26 Å². The summed E-state index contributed by atoms with van der Waals surface area (Å²) in [6, 6.07) is 7.79. The molecule has 132 valence electrons. The largest absolute Gasteiger partial charge is 0.382 e. The number of carbonyl (C=O) groups is 1. The summed E-state index contributed by atoms with van der Waals surface area (Å²) >= 11 is 0. The predicted octanol–water partition coefficient (Wildman–Crippen LogP) is 2.56. The molecule has 0 bridgehead atoms. The highest BCUT2D eigenvalue weighted by Crippen LogP contribution is 2.21. The topological polar surface area (TPSA) is 96.7 Å². The number of halogens is 1. The second kappa shape index (κ2) is 7.34. The summed E-state index contributed by atoms with van der Waals surface area (Å²) < 4.78 is 14.5. The van der Waals surface area contributed by atoms with E-state index in [1.54, 1.807) is 12.1 Å². The molecule has 1 amide bonds. The van der Waals surface area contributed by atoms with Gasteiger partial charge in [-0.05, 0) is 37.1 Å². The van der Waals surface area contributed by atoms with Crippen LogP contribution in [0.3, 0.4) is 0 Å². The second-order valence-corrected chi connectivity index (χ2v) is 6.82. The quantitative estimate of drug-likeness (QED) is 0.815. The maximum atomic E-state index is 13.1. The van der Waals surface area contributed by atoms with Crippen molar-refractivity contribution in [2.24, 2.45) is 5.41 Å². The fraction of sp³-hybridized carbons (Fsp3) is 0.389. The number of benzene rings is 1. The van der Waals surface area contributed by atoms with Gasteiger partial charge in [0.2, 0.25) is 5.91 Å². The molecule has 0 fully saturated rings. The molecule has 7 heteroatoms. The minimum Gasteiger partial charge on any atom is -0.382 e. The molecular weight excluding hydrogens is 321 g/mol. The Bertz CT molecular complexity index is 797. The number of rotatable bonds is 5. The number of nitriles is 1. The van der Waals surface area contributed by atoms with Crippen molar-refractivity contribution in [3.8, 4) is 11.8 Å². The van der Waals surface area contributed by atoms with Gasteiger partial charge in [0.1, 0.15) is 23.3 Å². The number of aromatic nitrogens is 2. The average Bonchev–Trinajstić information content (AvgIpc) is 2.87. The van der Waals surface area contributed by atoms with Gasteiger partial charge in [0.05, 0.1) is 11.4 Å². The maximum Gasteiger partial charge on any atom is 0.225 e. The van der Waals surface area contributed by atoms with Crippen molar-refractivity contribution < 1.29 is 9.18 Å². The Hall–Kier alpha value is -2.88. The lowest BCUT2D eigenvalue weighted by Gasteiger charge is -2.17. The van der Waals surface area contributed by atoms with Crippen LogP contribution in [0.5, 0.6) is 0 Å². The maximum absolute atomic E-state index is 13.1. The Kier molecular flexibility index (Phi) is 5.42. The summed E-state index contributed by atoms with van der Waals surface area (Å²) in [5.41, 5.74) is 7.03. The number of aryl methyl sites for hydroxylation is 1. The van der Waals surface area contributed by atoms with Crippen LogP contribution in [0.1, 0.15) is 38.4 Å². The molecule has 25 heavy (non-hydrogen) atoms. The molecular formula is C18H22FN5O. The summed E-state index contributed by atoms with van der Waals surface area (Å²) in [7, 11) is 0. The van der Waals surface area contributed by atoms with Crippen LogP contribution in [0.2, 0.25) is 0 Å². The summed E-state index contributed by atoms with van der Waals surface area (Å²) in [4.78, 5) is 11.8. The smallest absolute Gasteiger partial charge is 0.225 e. The van der Waals surface area contributed by atoms with Gasteiger partial charge in [-0.1, -0.05) is 20.8 Å². The van der Waals surface area contributed by atoms with Crippen LogP contribution in [-0.2, 0) is 11.2 Å². The van der Waals surface area contributed by atoms with Gasteiger partial charge in [0, 0.05) is 12.0 Å². The number of hydrogen-bond acceptors (Lipinski definition) is 4. The van der Waals surface area contributed by atoms with Crippen LogP contribution >= 0.6 is 0 Å². The van der Waals surface area contributed by atoms with E-state index in [-0.39, 0.29) is 17.5 Å². The van der Waals surface area contributed by atoms with Crippen LogP contribution in [-0.4, -0.2) is 22.2 Å². The van der Waals surface area contributed by atoms with Crippen LogP contribution in [0, 0.1) is 22.6 Å². The van der Waals surface area contributed by atoms with Crippen LogP contribution in [0.25, 0.3) is 5.69 Å². The molecule has 1 aromatic carbocycles. The molecule has 0 spiro atoms. The number of nitrogens with one attached hydrogen (secondary N) is 1. The molecule has 0 saturated heterocycles. The summed E-state index contributed by atoms with van der Waals surface area (Å²) in [5, 5.41) is 16.6. The molecule has 6 nitrogen and oxygen atoms in total. The normalized spacial score (nSPS) is 11.2. The van der Waals surface area contributed by atoms with E-state index >= 15 is 0 Å². The van der Waals surface area contributed by atoms with Crippen LogP contribution in [0.4, 0.5) is 10.2 Å². The van der Waals surface area contributed by atoms with Gasteiger partial charge in [-0.3, -0.25) is 4.79 Å². The molecule has 0 aliphatic carbocycles. The zero-order chi connectivity index (χ0) is 18.6. The number of amides is 1. The van der Waals surface area contributed by atoms with E-state index < -0.39 is 5.41 Å². The molecule has 0 aliphatic heterocycles. The molecule has 0 radical (unpaired) electrons. The van der Waals surface area contributed by atoms with Gasteiger partial charge in [0.25, 0.3) is 0 Å². The van der Waals surface area contributed by atoms with E-state index in [1.807, 2.05) is 20.8 Å². The molecule has 0 atom stereocenters. The monoisotopic (exact) mass is 343 g/mol. The summed E-state index contributed by atoms with van der Waals surface area (Å²) in [6.45, 7) is 6.04. The van der Waals surface area contributed by atoms with Gasteiger partial charge >= 0.3 is 0 Å². The van der Waals surface area contributed by atoms with Crippen molar-refractivity contribution in [3.05, 3.63) is 41.3 Å². The fourth-order valence-corrected chi connectivity index (χ4v) is 2.28. The Morgan fingerprint density at radius 3 is 2.56 bits per heavy atom. The fourth-order valence-electron chi connectivity index (χ4n) is 2.28. The average molecular weight is 343 g/mol. The van der Waals surface area contributed by atoms with Gasteiger partial charge in [-0.15, -0.1) is 0 Å². The standard InChI is InChI=1S/C18H22FN5O/c1-18(2,3)17(25)22-10-4-5-15-14(11-20)16(21)24(23-15)13-8-6-12(19)7-9-13/h6-9H,4-5,10,21H2,1-3H3,(H,22,25). The van der Waals surface area contributed by atoms with Gasteiger partial charge in [0.15, 0.2) is 0 Å². The van der Waals surface area contributed by atoms with Gasteiger partial charge in [-0.25, -0.2) is 9.07 Å². The minimum absolute atomic E-state index is 0.0237. The lowest BCUT2D eigenvalue weighted by atomic mass is 9.96. The highest BCUT2D eigenvalue weighted by Gasteiger charge is 2.21. The SMILES string of the molecule is CC(C)(C)C(=O)NCCCc1nn(-c2ccc(F)cc2)c(N)c1C#N. The molecule has 0 saturated carbocycles. The van der Waals surface area contributed by atoms with E-state index in [1.165, 1.54) is 16.8 Å². The third-order valence-corrected chi connectivity index (χ3v) is 3.73. The van der Waals surface area contributed by atoms with E-state index in [4.69, 9.17) is 5.73 Å². The highest BCUT2D eigenvalue weighted by atomic mass is 19.1. The summed E-state index contributed by atoms with van der Waals surface area (Å²) in [6.07, 6.45) is 1.14. The van der Waals surface area contributed by atoms with Crippen molar-refractivity contribution in [2.75, 3.05) is 12.3 Å². The first kappa shape index (κ1) is 18.5. The first-order valence-electron chi connectivity index (χ1n) is 8.05. The number of nitrogen functional groups attached to an aromatic ring is 1. The number of hydrogen-bond donors (Lipinski definition) is 2. The van der Waals surface area contributed by atoms with E-state index in [0.29, 0.717) is 36.3 Å². The lowest BCUT2D eigenvalue weighted by Crippen LogP contribution is -2.35. The Balaban J connectivity index is 2.09. The van der Waals surface area contributed by atoms with Crippen molar-refractivity contribution in [1.82, 2.24) is 15.1 Å². The molecule has 2 rings (SSSR count). The molecule has 2 aromatic rings. The molecule has 1 heterocycles. The number of carbonyl (C=O) groups excluding carboxylic acids is 1. The second-order valence-electron chi connectivity index (χ2n) is 6.82. The lowest BCUT2D eigenvalue weighted by molar-refractivity contribution is -0.128. The number of anilines is 1. The number of nitrogens with zero attached hydrogens (tertiary/aromatic N) is 3. The zero-order valence-electron chi connectivity index (χ0n) is 14.6. The van der Waals surface area contributed by atoms with E-state index in [2.05, 4.69) is 16.5 Å². The minimum atomic E-state index is -0.438. The van der Waals surface area contributed by atoms with Gasteiger partial charge in [-0.2, -0.15) is 10.4 Å². The molecule has 0 aliphatic rings. The Labute approximate surface area is 146 Å². The van der Waals surface area contributed by atoms with Crippen molar-refractivity contribution >= 4 is 11.7 Å². The molecule has 0 unspecified atom stereocenters. The predicted molar refractivity (Wildman–Crippen MR) is 93.4 cm³/mol. The number of nitrogens with two attached hydrogens (primary N) is 1. The van der Waals surface area contributed by atoms with E-state index in [9.17, 15) is 14.4 Å². The Morgan fingerprint density at radius 2 is 2.00 bits per heavy atom. The Morgan fingerprint density at radius 1 is 1.36 bits per heavy atom. The van der Waals surface area contributed by atoms with Crippen molar-refractivity contribution in [2.45, 2.75) is 33.6 Å². The van der Waals surface area contributed by atoms with E-state index in [0.717, 1.165) is 0 Å². The van der Waals surface area contributed by atoms with Crippen molar-refractivity contribution in [3.63, 3.8) is 0 Å². The highest BCUT2D eigenvalue weighted by molar-refractivity contribution is 5.81.